The summed E-state index contributed by atoms with van der Waals surface area (Å²) in [6.45, 7) is 1.35. The second-order valence-electron chi connectivity index (χ2n) is 3.64. The fraction of sp³-hybridized carbons (Fsp3) is 0.0714. The molecule has 0 aliphatic rings. The van der Waals surface area contributed by atoms with Gasteiger partial charge in [0.25, 0.3) is 0 Å². The topological polar surface area (TPSA) is 38.3 Å². The molecule has 3 heteroatoms. The monoisotopic (exact) mass is 227 g/mol. The number of anilines is 1. The molecule has 0 fully saturated rings. The van der Waals surface area contributed by atoms with Crippen LogP contribution in [0.4, 0.5) is 5.69 Å². The average Bonchev–Trinajstić information content (AvgIpc) is 2.38. The molecular weight excluding hydrogens is 214 g/mol. The van der Waals surface area contributed by atoms with Gasteiger partial charge in [0, 0.05) is 6.92 Å². The Labute approximate surface area is 100.0 Å². The van der Waals surface area contributed by atoms with E-state index < -0.39 is 0 Å². The van der Waals surface area contributed by atoms with E-state index in [1.165, 1.54) is 6.92 Å². The van der Waals surface area contributed by atoms with Crippen LogP contribution in [0.5, 0.6) is 0 Å². The Bertz CT molecular complexity index is 491. The van der Waals surface area contributed by atoms with E-state index >= 15 is 0 Å². The number of carbonyl (C=O) groups is 1. The van der Waals surface area contributed by atoms with Gasteiger partial charge < -0.3 is 4.84 Å². The van der Waals surface area contributed by atoms with Crippen LogP contribution in [-0.4, -0.2) is 5.97 Å². The molecule has 0 radical (unpaired) electrons. The Morgan fingerprint density at radius 2 is 1.53 bits per heavy atom. The zero-order chi connectivity index (χ0) is 12.1. The van der Waals surface area contributed by atoms with Crippen LogP contribution in [0.25, 0.3) is 11.1 Å². The molecule has 0 bridgehead atoms. The molecule has 0 aromatic heterocycles. The Kier molecular flexibility index (Phi) is 3.40. The number of nitrogens with one attached hydrogen (secondary N) is 1. The van der Waals surface area contributed by atoms with Crippen LogP contribution in [-0.2, 0) is 9.63 Å². The molecule has 0 atom stereocenters. The van der Waals surface area contributed by atoms with E-state index in [2.05, 4.69) is 22.5 Å². The van der Waals surface area contributed by atoms with Gasteiger partial charge >= 0.3 is 5.97 Å². The summed E-state index contributed by atoms with van der Waals surface area (Å²) in [5, 5.41) is 0. The summed E-state index contributed by atoms with van der Waals surface area (Å²) in [5.74, 6) is -0.364. The van der Waals surface area contributed by atoms with Gasteiger partial charge in [-0.25, -0.2) is 5.48 Å². The molecule has 0 saturated carbocycles. The first-order valence-electron chi connectivity index (χ1n) is 5.34. The van der Waals surface area contributed by atoms with Crippen molar-refractivity contribution in [3.8, 4) is 11.1 Å². The predicted octanol–water partition coefficient (Wildman–Crippen LogP) is 3.24. The summed E-state index contributed by atoms with van der Waals surface area (Å²) < 4.78 is 0. The number of hydrogen-bond donors (Lipinski definition) is 1. The van der Waals surface area contributed by atoms with Crippen molar-refractivity contribution >= 4 is 11.7 Å². The van der Waals surface area contributed by atoms with Gasteiger partial charge in [0.15, 0.2) is 0 Å². The van der Waals surface area contributed by atoms with Gasteiger partial charge in [0.2, 0.25) is 0 Å². The SMILES string of the molecule is CC(=O)ONc1ccc(-c2ccccc2)cc1. The molecule has 0 amide bonds. The largest absolute Gasteiger partial charge is 0.344 e. The molecule has 0 saturated heterocycles. The lowest BCUT2D eigenvalue weighted by Gasteiger charge is -2.06. The first kappa shape index (κ1) is 11.2. The van der Waals surface area contributed by atoms with Crippen LogP contribution in [0.1, 0.15) is 6.92 Å². The minimum absolute atomic E-state index is 0.364. The summed E-state index contributed by atoms with van der Waals surface area (Å²) in [6, 6.07) is 17.8. The van der Waals surface area contributed by atoms with Crippen molar-refractivity contribution in [3.63, 3.8) is 0 Å². The third-order valence-corrected chi connectivity index (χ3v) is 2.30. The predicted molar refractivity (Wildman–Crippen MR) is 67.3 cm³/mol. The quantitative estimate of drug-likeness (QED) is 0.818. The van der Waals surface area contributed by atoms with E-state index in [9.17, 15) is 4.79 Å². The van der Waals surface area contributed by atoms with Gasteiger partial charge in [-0.1, -0.05) is 42.5 Å². The molecule has 0 spiro atoms. The van der Waals surface area contributed by atoms with E-state index in [0.717, 1.165) is 16.8 Å². The number of benzene rings is 2. The van der Waals surface area contributed by atoms with Crippen molar-refractivity contribution < 1.29 is 9.63 Å². The number of hydrogen-bond acceptors (Lipinski definition) is 3. The summed E-state index contributed by atoms with van der Waals surface area (Å²) in [4.78, 5) is 15.3. The molecule has 0 unspecified atom stereocenters. The van der Waals surface area contributed by atoms with Crippen molar-refractivity contribution in [3.05, 3.63) is 54.6 Å². The minimum Gasteiger partial charge on any atom is -0.344 e. The molecule has 0 heterocycles. The van der Waals surface area contributed by atoms with Gasteiger partial charge in [0.05, 0.1) is 5.69 Å². The van der Waals surface area contributed by atoms with Gasteiger partial charge in [-0.3, -0.25) is 4.79 Å². The zero-order valence-corrected chi connectivity index (χ0v) is 9.51. The second-order valence-corrected chi connectivity index (χ2v) is 3.64. The third kappa shape index (κ3) is 3.08. The number of rotatable bonds is 3. The molecule has 86 valence electrons. The molecule has 2 aromatic carbocycles. The third-order valence-electron chi connectivity index (χ3n) is 2.30. The molecule has 17 heavy (non-hydrogen) atoms. The molecular formula is C14H13NO2. The molecule has 0 aliphatic heterocycles. The van der Waals surface area contributed by atoms with Crippen molar-refractivity contribution in [1.29, 1.82) is 0 Å². The van der Waals surface area contributed by atoms with E-state index in [-0.39, 0.29) is 5.97 Å². The van der Waals surface area contributed by atoms with Crippen LogP contribution >= 0.6 is 0 Å². The van der Waals surface area contributed by atoms with Crippen molar-refractivity contribution in [2.75, 3.05) is 5.48 Å². The lowest BCUT2D eigenvalue weighted by atomic mass is 10.1. The van der Waals surface area contributed by atoms with Crippen molar-refractivity contribution in [1.82, 2.24) is 0 Å². The summed E-state index contributed by atoms with van der Waals surface area (Å²) >= 11 is 0. The first-order valence-corrected chi connectivity index (χ1v) is 5.34. The highest BCUT2D eigenvalue weighted by Crippen LogP contribution is 2.20. The van der Waals surface area contributed by atoms with Crippen LogP contribution in [0.3, 0.4) is 0 Å². The van der Waals surface area contributed by atoms with Crippen LogP contribution in [0.15, 0.2) is 54.6 Å². The Morgan fingerprint density at radius 3 is 2.12 bits per heavy atom. The fourth-order valence-corrected chi connectivity index (χ4v) is 1.49. The highest BCUT2D eigenvalue weighted by molar-refractivity contribution is 5.68. The maximum absolute atomic E-state index is 10.6. The van der Waals surface area contributed by atoms with Gasteiger partial charge in [-0.2, -0.15) is 0 Å². The smallest absolute Gasteiger partial charge is 0.329 e. The van der Waals surface area contributed by atoms with Gasteiger partial charge in [0.1, 0.15) is 0 Å². The van der Waals surface area contributed by atoms with Crippen LogP contribution in [0.2, 0.25) is 0 Å². The molecule has 2 rings (SSSR count). The summed E-state index contributed by atoms with van der Waals surface area (Å²) in [7, 11) is 0. The maximum Gasteiger partial charge on any atom is 0.329 e. The normalized spacial score (nSPS) is 9.71. The van der Waals surface area contributed by atoms with Crippen molar-refractivity contribution in [2.45, 2.75) is 6.92 Å². The molecule has 0 aliphatic carbocycles. The van der Waals surface area contributed by atoms with Crippen molar-refractivity contribution in [2.24, 2.45) is 0 Å². The zero-order valence-electron chi connectivity index (χ0n) is 9.51. The van der Waals surface area contributed by atoms with E-state index in [0.29, 0.717) is 0 Å². The molecule has 1 N–H and O–H groups in total. The van der Waals surface area contributed by atoms with Gasteiger partial charge in [-0.15, -0.1) is 0 Å². The number of carbonyl (C=O) groups excluding carboxylic acids is 1. The lowest BCUT2D eigenvalue weighted by Crippen LogP contribution is -2.05. The average molecular weight is 227 g/mol. The highest BCUT2D eigenvalue weighted by Gasteiger charge is 1.98. The Hall–Kier alpha value is -2.29. The van der Waals surface area contributed by atoms with Crippen LogP contribution < -0.4 is 5.48 Å². The maximum atomic E-state index is 10.6. The molecule has 2 aromatic rings. The van der Waals surface area contributed by atoms with Crippen LogP contribution in [0, 0.1) is 0 Å². The molecule has 3 nitrogen and oxygen atoms in total. The van der Waals surface area contributed by atoms with E-state index in [4.69, 9.17) is 0 Å². The van der Waals surface area contributed by atoms with E-state index in [1.807, 2.05) is 42.5 Å². The Morgan fingerprint density at radius 1 is 0.941 bits per heavy atom. The summed E-state index contributed by atoms with van der Waals surface area (Å²) in [6.07, 6.45) is 0. The first-order chi connectivity index (χ1) is 8.25. The Balaban J connectivity index is 2.11. The van der Waals surface area contributed by atoms with Gasteiger partial charge in [-0.05, 0) is 23.3 Å². The van der Waals surface area contributed by atoms with E-state index in [1.54, 1.807) is 0 Å². The fourth-order valence-electron chi connectivity index (χ4n) is 1.49. The minimum atomic E-state index is -0.364. The lowest BCUT2D eigenvalue weighted by molar-refractivity contribution is -0.138. The summed E-state index contributed by atoms with van der Waals surface area (Å²) in [5.41, 5.74) is 5.61. The highest BCUT2D eigenvalue weighted by atomic mass is 16.7. The standard InChI is InChI=1S/C14H13NO2/c1-11(16)17-15-14-9-7-13(8-10-14)12-5-3-2-4-6-12/h2-10,15H,1H3. The second kappa shape index (κ2) is 5.16.